The molecular formula is C16H22N4O3S. The number of hydrogen-bond acceptors (Lipinski definition) is 5. The predicted octanol–water partition coefficient (Wildman–Crippen LogP) is 0.996. The minimum atomic E-state index is -3.46. The Morgan fingerprint density at radius 3 is 2.54 bits per heavy atom. The van der Waals surface area contributed by atoms with E-state index in [4.69, 9.17) is 0 Å². The third-order valence-corrected chi connectivity index (χ3v) is 4.74. The van der Waals surface area contributed by atoms with Crippen molar-refractivity contribution in [2.45, 2.75) is 0 Å². The number of carbonyl (C=O) groups excluding carboxylic acids is 1. The number of amides is 1. The van der Waals surface area contributed by atoms with Gasteiger partial charge in [-0.15, -0.1) is 0 Å². The van der Waals surface area contributed by atoms with Crippen LogP contribution in [0.3, 0.4) is 0 Å². The van der Waals surface area contributed by atoms with E-state index in [0.717, 1.165) is 11.6 Å². The van der Waals surface area contributed by atoms with Crippen LogP contribution in [0, 0.1) is 0 Å². The molecular weight excluding hydrogens is 328 g/mol. The first-order valence-electron chi connectivity index (χ1n) is 7.51. The molecule has 1 aromatic heterocycles. The fourth-order valence-electron chi connectivity index (χ4n) is 2.23. The monoisotopic (exact) mass is 350 g/mol. The average Bonchev–Trinajstić information content (AvgIpc) is 2.50. The summed E-state index contributed by atoms with van der Waals surface area (Å²) in [6.07, 6.45) is 2.76. The first-order chi connectivity index (χ1) is 11.3. The molecule has 0 radical (unpaired) electrons. The molecule has 2 rings (SSSR count). The van der Waals surface area contributed by atoms with Gasteiger partial charge in [-0.05, 0) is 26.2 Å². The Labute approximate surface area is 142 Å². The van der Waals surface area contributed by atoms with Crippen molar-refractivity contribution in [1.29, 1.82) is 0 Å². The first-order valence-corrected chi connectivity index (χ1v) is 9.35. The molecule has 0 unspecified atom stereocenters. The molecule has 0 bridgehead atoms. The maximum atomic E-state index is 12.3. The van der Waals surface area contributed by atoms with Gasteiger partial charge in [0.2, 0.25) is 15.9 Å². The van der Waals surface area contributed by atoms with Gasteiger partial charge in [0.15, 0.2) is 0 Å². The summed E-state index contributed by atoms with van der Waals surface area (Å²) in [6, 6.07) is 9.19. The number of rotatable bonds is 7. The molecule has 8 heteroatoms. The lowest BCUT2D eigenvalue weighted by atomic mass is 10.2. The molecule has 0 atom stereocenters. The molecule has 0 saturated heterocycles. The summed E-state index contributed by atoms with van der Waals surface area (Å²) in [7, 11) is 0.239. The summed E-state index contributed by atoms with van der Waals surface area (Å²) in [5.74, 6) is -0.391. The summed E-state index contributed by atoms with van der Waals surface area (Å²) in [4.78, 5) is 18.4. The van der Waals surface area contributed by atoms with E-state index in [-0.39, 0.29) is 13.1 Å². The van der Waals surface area contributed by atoms with Crippen molar-refractivity contribution in [2.75, 3.05) is 45.3 Å². The molecule has 1 aromatic carbocycles. The standard InChI is InChI=1S/C16H22N4O3S/c1-19(2)10-11-20(24(3,22)23)12-15(21)18-14-8-4-6-13-7-5-9-17-16(13)14/h4-9H,10-12H2,1-3H3,(H,18,21). The molecule has 24 heavy (non-hydrogen) atoms. The number of likely N-dealkylation sites (N-methyl/N-ethyl adjacent to an activating group) is 1. The van der Waals surface area contributed by atoms with Crippen molar-refractivity contribution in [3.8, 4) is 0 Å². The lowest BCUT2D eigenvalue weighted by Crippen LogP contribution is -2.41. The molecule has 0 fully saturated rings. The van der Waals surface area contributed by atoms with Crippen molar-refractivity contribution in [1.82, 2.24) is 14.2 Å². The smallest absolute Gasteiger partial charge is 0.239 e. The number of benzene rings is 1. The maximum Gasteiger partial charge on any atom is 0.239 e. The molecule has 0 aliphatic rings. The van der Waals surface area contributed by atoms with Crippen LogP contribution >= 0.6 is 0 Å². The summed E-state index contributed by atoms with van der Waals surface area (Å²) in [5, 5.41) is 3.66. The summed E-state index contributed by atoms with van der Waals surface area (Å²) < 4.78 is 24.9. The van der Waals surface area contributed by atoms with Gasteiger partial charge >= 0.3 is 0 Å². The van der Waals surface area contributed by atoms with Crippen molar-refractivity contribution >= 4 is 32.5 Å². The lowest BCUT2D eigenvalue weighted by Gasteiger charge is -2.21. The van der Waals surface area contributed by atoms with Crippen LogP contribution in [-0.4, -0.2) is 68.5 Å². The Morgan fingerprint density at radius 1 is 1.17 bits per heavy atom. The molecule has 130 valence electrons. The quantitative estimate of drug-likeness (QED) is 0.805. The van der Waals surface area contributed by atoms with E-state index >= 15 is 0 Å². The second-order valence-electron chi connectivity index (χ2n) is 5.83. The van der Waals surface area contributed by atoms with E-state index in [1.54, 1.807) is 12.3 Å². The Balaban J connectivity index is 2.12. The SMILES string of the molecule is CN(C)CCN(CC(=O)Nc1cccc2cccnc12)S(C)(=O)=O. The van der Waals surface area contributed by atoms with Crippen molar-refractivity contribution in [3.63, 3.8) is 0 Å². The number of para-hydroxylation sites is 1. The third kappa shape index (κ3) is 4.98. The number of fused-ring (bicyclic) bond motifs is 1. The number of carbonyl (C=O) groups is 1. The summed E-state index contributed by atoms with van der Waals surface area (Å²) in [6.45, 7) is 0.569. The number of nitrogens with one attached hydrogen (secondary N) is 1. The second-order valence-corrected chi connectivity index (χ2v) is 7.81. The van der Waals surface area contributed by atoms with E-state index in [1.807, 2.05) is 43.3 Å². The minimum Gasteiger partial charge on any atom is -0.323 e. The first kappa shape index (κ1) is 18.3. The number of anilines is 1. The van der Waals surface area contributed by atoms with Gasteiger partial charge in [0.1, 0.15) is 0 Å². The molecule has 1 heterocycles. The van der Waals surface area contributed by atoms with Crippen LogP contribution in [0.5, 0.6) is 0 Å². The number of pyridine rings is 1. The van der Waals surface area contributed by atoms with Gasteiger partial charge in [0.05, 0.1) is 24.0 Å². The Bertz CT molecular complexity index is 816. The highest BCUT2D eigenvalue weighted by Gasteiger charge is 2.20. The summed E-state index contributed by atoms with van der Waals surface area (Å²) >= 11 is 0. The molecule has 0 aliphatic carbocycles. The van der Waals surface area contributed by atoms with Gasteiger partial charge in [-0.2, -0.15) is 4.31 Å². The van der Waals surface area contributed by atoms with E-state index in [0.29, 0.717) is 17.7 Å². The van der Waals surface area contributed by atoms with E-state index in [9.17, 15) is 13.2 Å². The fraction of sp³-hybridized carbons (Fsp3) is 0.375. The van der Waals surface area contributed by atoms with Crippen LogP contribution in [0.15, 0.2) is 36.5 Å². The van der Waals surface area contributed by atoms with Crippen LogP contribution in [0.1, 0.15) is 0 Å². The van der Waals surface area contributed by atoms with Gasteiger partial charge < -0.3 is 10.2 Å². The topological polar surface area (TPSA) is 82.6 Å². The van der Waals surface area contributed by atoms with E-state index < -0.39 is 15.9 Å². The Hall–Kier alpha value is -2.03. The zero-order valence-corrected chi connectivity index (χ0v) is 14.9. The van der Waals surface area contributed by atoms with Crippen LogP contribution in [0.25, 0.3) is 10.9 Å². The molecule has 7 nitrogen and oxygen atoms in total. The number of aromatic nitrogens is 1. The second kappa shape index (κ2) is 7.69. The highest BCUT2D eigenvalue weighted by atomic mass is 32.2. The molecule has 1 N–H and O–H groups in total. The van der Waals surface area contributed by atoms with Gasteiger partial charge in [-0.25, -0.2) is 8.42 Å². The highest BCUT2D eigenvalue weighted by molar-refractivity contribution is 7.88. The maximum absolute atomic E-state index is 12.3. The average molecular weight is 350 g/mol. The highest BCUT2D eigenvalue weighted by Crippen LogP contribution is 2.20. The van der Waals surface area contributed by atoms with Crippen LogP contribution in [0.4, 0.5) is 5.69 Å². The zero-order chi connectivity index (χ0) is 17.7. The van der Waals surface area contributed by atoms with Gasteiger partial charge in [-0.3, -0.25) is 9.78 Å². The molecule has 0 saturated carbocycles. The van der Waals surface area contributed by atoms with Crippen molar-refractivity contribution < 1.29 is 13.2 Å². The molecule has 0 aliphatic heterocycles. The normalized spacial score (nSPS) is 12.0. The molecule has 0 spiro atoms. The number of nitrogens with zero attached hydrogens (tertiary/aromatic N) is 3. The Kier molecular flexibility index (Phi) is 5.87. The number of hydrogen-bond donors (Lipinski definition) is 1. The molecule has 2 aromatic rings. The molecule has 1 amide bonds. The van der Waals surface area contributed by atoms with E-state index in [2.05, 4.69) is 10.3 Å². The van der Waals surface area contributed by atoms with Crippen LogP contribution in [-0.2, 0) is 14.8 Å². The van der Waals surface area contributed by atoms with Gasteiger partial charge in [-0.1, -0.05) is 18.2 Å². The van der Waals surface area contributed by atoms with Gasteiger partial charge in [0.25, 0.3) is 0 Å². The zero-order valence-electron chi connectivity index (χ0n) is 14.1. The van der Waals surface area contributed by atoms with Gasteiger partial charge in [0, 0.05) is 24.7 Å². The third-order valence-electron chi connectivity index (χ3n) is 3.49. The predicted molar refractivity (Wildman–Crippen MR) is 95.3 cm³/mol. The van der Waals surface area contributed by atoms with Crippen molar-refractivity contribution in [2.24, 2.45) is 0 Å². The van der Waals surface area contributed by atoms with Crippen LogP contribution in [0.2, 0.25) is 0 Å². The fourth-order valence-corrected chi connectivity index (χ4v) is 2.99. The number of sulfonamides is 1. The summed E-state index contributed by atoms with van der Waals surface area (Å²) in [5.41, 5.74) is 1.24. The van der Waals surface area contributed by atoms with Crippen LogP contribution < -0.4 is 5.32 Å². The van der Waals surface area contributed by atoms with Crippen molar-refractivity contribution in [3.05, 3.63) is 36.5 Å². The Morgan fingerprint density at radius 2 is 1.88 bits per heavy atom. The largest absolute Gasteiger partial charge is 0.323 e. The lowest BCUT2D eigenvalue weighted by molar-refractivity contribution is -0.116. The minimum absolute atomic E-state index is 0.226. The van der Waals surface area contributed by atoms with E-state index in [1.165, 1.54) is 4.31 Å².